The van der Waals surface area contributed by atoms with Crippen LogP contribution in [0.4, 0.5) is 10.1 Å². The number of ether oxygens (including phenoxy) is 1. The van der Waals surface area contributed by atoms with Gasteiger partial charge < -0.3 is 9.64 Å². The number of rotatable bonds is 2. The molecule has 1 fully saturated rings. The second-order valence-corrected chi connectivity index (χ2v) is 3.65. The molecule has 1 aliphatic rings. The van der Waals surface area contributed by atoms with Gasteiger partial charge in [0.15, 0.2) is 11.6 Å². The lowest BCUT2D eigenvalue weighted by atomic mass is 10.2. The van der Waals surface area contributed by atoms with Gasteiger partial charge in [0.25, 0.3) is 0 Å². The predicted molar refractivity (Wildman–Crippen MR) is 58.3 cm³/mol. The Morgan fingerprint density at radius 1 is 1.29 bits per heavy atom. The Kier molecular flexibility index (Phi) is 2.95. The number of hydrogen-bond acceptors (Lipinski definition) is 4. The quantitative estimate of drug-likeness (QED) is 0.753. The van der Waals surface area contributed by atoms with E-state index in [1.807, 2.05) is 0 Å². The molecule has 0 spiro atoms. The van der Waals surface area contributed by atoms with Crippen LogP contribution in [-0.2, 0) is 9.59 Å². The SMILES string of the molecule is COc1cc(N2CC(=O)NC(=O)C2)ccc1F. The summed E-state index contributed by atoms with van der Waals surface area (Å²) in [4.78, 5) is 24.0. The summed E-state index contributed by atoms with van der Waals surface area (Å²) in [7, 11) is 1.36. The smallest absolute Gasteiger partial charge is 0.246 e. The minimum atomic E-state index is -0.482. The summed E-state index contributed by atoms with van der Waals surface area (Å²) in [6, 6.07) is 4.20. The Hall–Kier alpha value is -2.11. The number of nitrogens with one attached hydrogen (secondary N) is 1. The number of anilines is 1. The highest BCUT2D eigenvalue weighted by atomic mass is 19.1. The van der Waals surface area contributed by atoms with E-state index in [-0.39, 0.29) is 30.7 Å². The Labute approximate surface area is 97.2 Å². The van der Waals surface area contributed by atoms with E-state index in [9.17, 15) is 14.0 Å². The zero-order valence-corrected chi connectivity index (χ0v) is 9.20. The number of halogens is 1. The molecule has 0 radical (unpaired) electrons. The lowest BCUT2D eigenvalue weighted by molar-refractivity contribution is -0.130. The second kappa shape index (κ2) is 4.40. The highest BCUT2D eigenvalue weighted by Crippen LogP contribution is 2.24. The molecule has 1 N–H and O–H groups in total. The number of benzene rings is 1. The topological polar surface area (TPSA) is 58.6 Å². The Bertz CT molecular complexity index is 460. The molecule has 17 heavy (non-hydrogen) atoms. The van der Waals surface area contributed by atoms with Crippen molar-refractivity contribution < 1.29 is 18.7 Å². The fraction of sp³-hybridized carbons (Fsp3) is 0.273. The number of carbonyl (C=O) groups excluding carboxylic acids is 2. The molecule has 0 bridgehead atoms. The van der Waals surface area contributed by atoms with Crippen LogP contribution in [0.1, 0.15) is 0 Å². The molecule has 2 amide bonds. The standard InChI is InChI=1S/C11H11FN2O3/c1-17-9-4-7(2-3-8(9)12)14-5-10(15)13-11(16)6-14/h2-4H,5-6H2,1H3,(H,13,15,16). The van der Waals surface area contributed by atoms with Gasteiger partial charge in [-0.15, -0.1) is 0 Å². The molecule has 0 aromatic heterocycles. The predicted octanol–water partition coefficient (Wildman–Crippen LogP) is 0.297. The van der Waals surface area contributed by atoms with Crippen molar-refractivity contribution in [3.63, 3.8) is 0 Å². The van der Waals surface area contributed by atoms with Crippen molar-refractivity contribution in [1.82, 2.24) is 5.32 Å². The highest BCUT2D eigenvalue weighted by Gasteiger charge is 2.23. The summed E-state index contributed by atoms with van der Waals surface area (Å²) in [6.07, 6.45) is 0. The Balaban J connectivity index is 2.27. The number of amides is 2. The van der Waals surface area contributed by atoms with Crippen LogP contribution < -0.4 is 15.0 Å². The number of piperazine rings is 1. The van der Waals surface area contributed by atoms with Gasteiger partial charge in [-0.2, -0.15) is 0 Å². The third-order valence-electron chi connectivity index (χ3n) is 2.45. The third kappa shape index (κ3) is 2.35. The van der Waals surface area contributed by atoms with E-state index >= 15 is 0 Å². The summed E-state index contributed by atoms with van der Waals surface area (Å²) in [5, 5.41) is 2.19. The molecule has 1 heterocycles. The maximum atomic E-state index is 13.2. The normalized spacial score (nSPS) is 15.8. The number of imide groups is 1. The minimum Gasteiger partial charge on any atom is -0.494 e. The van der Waals surface area contributed by atoms with E-state index in [2.05, 4.69) is 5.32 Å². The minimum absolute atomic E-state index is 0.0700. The van der Waals surface area contributed by atoms with Crippen LogP contribution in [0.25, 0.3) is 0 Å². The van der Waals surface area contributed by atoms with Crippen molar-refractivity contribution in [1.29, 1.82) is 0 Å². The highest BCUT2D eigenvalue weighted by molar-refractivity contribution is 6.02. The van der Waals surface area contributed by atoms with Gasteiger partial charge in [0.1, 0.15) is 0 Å². The van der Waals surface area contributed by atoms with Crippen molar-refractivity contribution >= 4 is 17.5 Å². The van der Waals surface area contributed by atoms with Crippen LogP contribution in [0.15, 0.2) is 18.2 Å². The fourth-order valence-electron chi connectivity index (χ4n) is 1.66. The molecule has 1 aromatic rings. The number of hydrogen-bond donors (Lipinski definition) is 1. The molecule has 0 aliphatic carbocycles. The molecule has 5 nitrogen and oxygen atoms in total. The fourth-order valence-corrected chi connectivity index (χ4v) is 1.66. The maximum Gasteiger partial charge on any atom is 0.246 e. The van der Waals surface area contributed by atoms with Crippen molar-refractivity contribution in [2.45, 2.75) is 0 Å². The average molecular weight is 238 g/mol. The van der Waals surface area contributed by atoms with Crippen LogP contribution >= 0.6 is 0 Å². The van der Waals surface area contributed by atoms with Crippen LogP contribution in [0, 0.1) is 5.82 Å². The van der Waals surface area contributed by atoms with Gasteiger partial charge in [0.05, 0.1) is 20.2 Å². The molecule has 0 saturated carbocycles. The lowest BCUT2D eigenvalue weighted by Gasteiger charge is -2.27. The molecule has 0 atom stereocenters. The molecule has 2 rings (SSSR count). The average Bonchev–Trinajstić information content (AvgIpc) is 2.28. The first-order valence-corrected chi connectivity index (χ1v) is 5.01. The van der Waals surface area contributed by atoms with E-state index in [1.54, 1.807) is 4.90 Å². The zero-order valence-electron chi connectivity index (χ0n) is 9.20. The van der Waals surface area contributed by atoms with Gasteiger partial charge in [-0.25, -0.2) is 4.39 Å². The molecular weight excluding hydrogens is 227 g/mol. The van der Waals surface area contributed by atoms with Gasteiger partial charge in [-0.1, -0.05) is 0 Å². The van der Waals surface area contributed by atoms with Crippen molar-refractivity contribution in [2.24, 2.45) is 0 Å². The number of carbonyl (C=O) groups is 2. The van der Waals surface area contributed by atoms with Crippen molar-refractivity contribution in [3.8, 4) is 5.75 Å². The maximum absolute atomic E-state index is 13.2. The summed E-state index contributed by atoms with van der Waals surface area (Å²) < 4.78 is 18.0. The summed E-state index contributed by atoms with van der Waals surface area (Å²) >= 11 is 0. The van der Waals surface area contributed by atoms with Gasteiger partial charge in [-0.3, -0.25) is 14.9 Å². The Morgan fingerprint density at radius 2 is 1.94 bits per heavy atom. The van der Waals surface area contributed by atoms with Crippen molar-refractivity contribution in [3.05, 3.63) is 24.0 Å². The molecule has 0 unspecified atom stereocenters. The summed E-state index contributed by atoms with van der Waals surface area (Å²) in [6.45, 7) is 0.140. The number of methoxy groups -OCH3 is 1. The van der Waals surface area contributed by atoms with E-state index in [0.717, 1.165) is 0 Å². The first kappa shape index (κ1) is 11.4. The number of nitrogens with zero attached hydrogens (tertiary/aromatic N) is 1. The molecule has 6 heteroatoms. The van der Waals surface area contributed by atoms with Crippen LogP contribution in [0.3, 0.4) is 0 Å². The largest absolute Gasteiger partial charge is 0.494 e. The van der Waals surface area contributed by atoms with Crippen LogP contribution in [0.2, 0.25) is 0 Å². The molecule has 90 valence electrons. The van der Waals surface area contributed by atoms with E-state index < -0.39 is 5.82 Å². The molecule has 1 aromatic carbocycles. The second-order valence-electron chi connectivity index (χ2n) is 3.65. The monoisotopic (exact) mass is 238 g/mol. The van der Waals surface area contributed by atoms with Crippen molar-refractivity contribution in [2.75, 3.05) is 25.1 Å². The van der Waals surface area contributed by atoms with E-state index in [0.29, 0.717) is 5.69 Å². The first-order chi connectivity index (χ1) is 8.10. The molecule has 1 saturated heterocycles. The van der Waals surface area contributed by atoms with E-state index in [4.69, 9.17) is 4.74 Å². The molecular formula is C11H11FN2O3. The Morgan fingerprint density at radius 3 is 2.53 bits per heavy atom. The zero-order chi connectivity index (χ0) is 12.4. The van der Waals surface area contributed by atoms with Gasteiger partial charge in [0.2, 0.25) is 11.8 Å². The summed E-state index contributed by atoms with van der Waals surface area (Å²) in [5.41, 5.74) is 0.575. The van der Waals surface area contributed by atoms with Gasteiger partial charge >= 0.3 is 0 Å². The van der Waals surface area contributed by atoms with Crippen LogP contribution in [0.5, 0.6) is 5.75 Å². The van der Waals surface area contributed by atoms with Gasteiger partial charge in [0, 0.05) is 11.8 Å². The lowest BCUT2D eigenvalue weighted by Crippen LogP contribution is -2.51. The van der Waals surface area contributed by atoms with Crippen LogP contribution in [-0.4, -0.2) is 32.0 Å². The van der Waals surface area contributed by atoms with Gasteiger partial charge in [-0.05, 0) is 12.1 Å². The molecule has 1 aliphatic heterocycles. The third-order valence-corrected chi connectivity index (χ3v) is 2.45. The van der Waals surface area contributed by atoms with E-state index in [1.165, 1.54) is 25.3 Å². The first-order valence-electron chi connectivity index (χ1n) is 5.01. The summed E-state index contributed by atoms with van der Waals surface area (Å²) in [5.74, 6) is -1.14.